The molecular weight excluding hydrogens is 401 g/mol. The number of halogens is 2. The van der Waals surface area contributed by atoms with Crippen molar-refractivity contribution >= 4 is 29.3 Å². The van der Waals surface area contributed by atoms with Crippen LogP contribution in [-0.2, 0) is 19.2 Å². The second-order valence-electron chi connectivity index (χ2n) is 7.95. The molecule has 6 rings (SSSR count). The molecule has 6 nitrogen and oxygen atoms in total. The fourth-order valence-electron chi connectivity index (χ4n) is 4.74. The maximum Gasteiger partial charge on any atom is 0.444 e. The summed E-state index contributed by atoms with van der Waals surface area (Å²) >= 11 is 0. The van der Waals surface area contributed by atoms with Crippen LogP contribution in [0.1, 0.15) is 21.6 Å². The molecule has 1 amide bonds. The molecule has 1 unspecified atom stereocenters. The number of benzene rings is 2. The molecule has 0 aliphatic carbocycles. The smallest absolute Gasteiger partial charge is 0.369 e. The van der Waals surface area contributed by atoms with Crippen molar-refractivity contribution in [1.82, 2.24) is 19.7 Å². The van der Waals surface area contributed by atoms with Crippen LogP contribution in [0.25, 0.3) is 22.0 Å². The Bertz CT molecular complexity index is 1420. The molecule has 0 radical (unpaired) electrons. The van der Waals surface area contributed by atoms with Crippen molar-refractivity contribution in [1.29, 1.82) is 0 Å². The molecule has 0 fully saturated rings. The van der Waals surface area contributed by atoms with Crippen LogP contribution in [0, 0.1) is 5.82 Å². The number of fused-ring (bicyclic) bond motifs is 5. The molecular formula is C22H15BF2N4O2. The highest BCUT2D eigenvalue weighted by atomic mass is 19.1. The summed E-state index contributed by atoms with van der Waals surface area (Å²) in [6, 6.07) is 11.4. The number of pyridine rings is 1. The van der Waals surface area contributed by atoms with Crippen molar-refractivity contribution in [3.8, 4) is 11.1 Å². The molecule has 2 aromatic heterocycles. The third-order valence-corrected chi connectivity index (χ3v) is 6.19. The van der Waals surface area contributed by atoms with E-state index in [-0.39, 0.29) is 28.8 Å². The van der Waals surface area contributed by atoms with Crippen molar-refractivity contribution in [3.05, 3.63) is 77.5 Å². The summed E-state index contributed by atoms with van der Waals surface area (Å²) in [6.45, 7) is -2.30. The number of carbonyl (C=O) groups is 1. The van der Waals surface area contributed by atoms with Crippen molar-refractivity contribution in [2.75, 3.05) is 0 Å². The lowest BCUT2D eigenvalue weighted by atomic mass is 9.50. The number of aryl methyl sites for hydroxylation is 1. The maximum absolute atomic E-state index is 15.9. The number of aromatic nitrogens is 3. The van der Waals surface area contributed by atoms with E-state index in [1.807, 2.05) is 18.3 Å². The molecule has 0 bridgehead atoms. The van der Waals surface area contributed by atoms with Crippen molar-refractivity contribution in [2.24, 2.45) is 7.05 Å². The Morgan fingerprint density at radius 3 is 2.84 bits per heavy atom. The zero-order valence-corrected chi connectivity index (χ0v) is 16.4. The molecule has 4 heterocycles. The standard InChI is InChI=1S/C22H15BF2N4O2/c1-28-10-15-13(4-2-6-19(15)27-28)12-8-17-16(18(24)9-12)11-29-21(30)14-5-3-7-26-20(14)22(29,31)23(17)25/h2-10,31H,11H2,1H3. The lowest BCUT2D eigenvalue weighted by Gasteiger charge is -2.39. The predicted octanol–water partition coefficient (Wildman–Crippen LogP) is 2.30. The van der Waals surface area contributed by atoms with E-state index < -0.39 is 24.3 Å². The molecule has 2 aliphatic heterocycles. The molecule has 0 spiro atoms. The molecule has 1 N–H and O–H groups in total. The Morgan fingerprint density at radius 1 is 1.19 bits per heavy atom. The maximum atomic E-state index is 15.9. The number of aliphatic hydroxyl groups is 1. The molecule has 0 saturated heterocycles. The van der Waals surface area contributed by atoms with Gasteiger partial charge < -0.3 is 14.3 Å². The number of hydrogen-bond donors (Lipinski definition) is 1. The third kappa shape index (κ3) is 2.26. The van der Waals surface area contributed by atoms with Gasteiger partial charge in [0.25, 0.3) is 5.91 Å². The summed E-state index contributed by atoms with van der Waals surface area (Å²) in [6.07, 6.45) is 3.22. The van der Waals surface area contributed by atoms with Gasteiger partial charge in [-0.3, -0.25) is 14.5 Å². The van der Waals surface area contributed by atoms with E-state index in [2.05, 4.69) is 10.1 Å². The minimum Gasteiger partial charge on any atom is -0.369 e. The van der Waals surface area contributed by atoms with Gasteiger partial charge in [-0.2, -0.15) is 5.10 Å². The van der Waals surface area contributed by atoms with Crippen molar-refractivity contribution < 1.29 is 18.6 Å². The average molecular weight is 416 g/mol. The second kappa shape index (κ2) is 5.98. The van der Waals surface area contributed by atoms with E-state index >= 15 is 8.71 Å². The molecule has 4 aromatic rings. The van der Waals surface area contributed by atoms with Gasteiger partial charge in [-0.1, -0.05) is 18.2 Å². The fourth-order valence-corrected chi connectivity index (χ4v) is 4.74. The summed E-state index contributed by atoms with van der Waals surface area (Å²) in [5, 5.41) is 16.5. The van der Waals surface area contributed by atoms with E-state index in [0.717, 1.165) is 15.8 Å². The SMILES string of the molecule is Cn1cc2c(-c3cc(F)c4c(c3)B(F)C3(O)c5ncccc5C(=O)N3C4)cccc2n1. The largest absolute Gasteiger partial charge is 0.444 e. The minimum absolute atomic E-state index is 0.0148. The number of nitrogens with zero attached hydrogens (tertiary/aromatic N) is 4. The Balaban J connectivity index is 1.56. The summed E-state index contributed by atoms with van der Waals surface area (Å²) in [4.78, 5) is 17.8. The third-order valence-electron chi connectivity index (χ3n) is 6.19. The number of hydrogen-bond acceptors (Lipinski definition) is 4. The first kappa shape index (κ1) is 18.2. The highest BCUT2D eigenvalue weighted by Gasteiger charge is 2.61. The topological polar surface area (TPSA) is 71.2 Å². The first-order valence-electron chi connectivity index (χ1n) is 9.78. The summed E-state index contributed by atoms with van der Waals surface area (Å²) in [7, 11) is 1.79. The highest BCUT2D eigenvalue weighted by molar-refractivity contribution is 6.70. The Labute approximate surface area is 175 Å². The van der Waals surface area contributed by atoms with Gasteiger partial charge in [0.2, 0.25) is 0 Å². The van der Waals surface area contributed by atoms with Crippen LogP contribution in [0.5, 0.6) is 0 Å². The van der Waals surface area contributed by atoms with Gasteiger partial charge in [-0.15, -0.1) is 0 Å². The van der Waals surface area contributed by atoms with Gasteiger partial charge in [-0.05, 0) is 40.9 Å². The Kier molecular flexibility index (Phi) is 3.51. The Hall–Kier alpha value is -3.59. The molecule has 2 aromatic carbocycles. The molecule has 9 heteroatoms. The van der Waals surface area contributed by atoms with E-state index in [1.165, 1.54) is 18.3 Å². The monoisotopic (exact) mass is 416 g/mol. The van der Waals surface area contributed by atoms with Crippen LogP contribution in [-0.4, -0.2) is 37.7 Å². The van der Waals surface area contributed by atoms with Crippen LogP contribution >= 0.6 is 0 Å². The zero-order valence-electron chi connectivity index (χ0n) is 16.4. The van der Waals surface area contributed by atoms with Crippen molar-refractivity contribution in [3.63, 3.8) is 0 Å². The molecule has 2 aliphatic rings. The van der Waals surface area contributed by atoms with E-state index in [4.69, 9.17) is 0 Å². The van der Waals surface area contributed by atoms with Crippen LogP contribution in [0.4, 0.5) is 8.71 Å². The lowest BCUT2D eigenvalue weighted by molar-refractivity contribution is -0.0352. The van der Waals surface area contributed by atoms with E-state index in [0.29, 0.717) is 11.1 Å². The quantitative estimate of drug-likeness (QED) is 0.484. The van der Waals surface area contributed by atoms with Crippen LogP contribution < -0.4 is 5.46 Å². The summed E-state index contributed by atoms with van der Waals surface area (Å²) in [5.74, 6) is -1.20. The van der Waals surface area contributed by atoms with Gasteiger partial charge in [0, 0.05) is 30.4 Å². The summed E-state index contributed by atoms with van der Waals surface area (Å²) in [5.41, 5.74) is -0.207. The predicted molar refractivity (Wildman–Crippen MR) is 111 cm³/mol. The minimum atomic E-state index is -2.27. The average Bonchev–Trinajstić information content (AvgIpc) is 3.25. The highest BCUT2D eigenvalue weighted by Crippen LogP contribution is 2.42. The van der Waals surface area contributed by atoms with Crippen LogP contribution in [0.15, 0.2) is 54.9 Å². The van der Waals surface area contributed by atoms with Crippen molar-refractivity contribution in [2.45, 2.75) is 12.2 Å². The molecule has 1 atom stereocenters. The number of rotatable bonds is 1. The second-order valence-corrected chi connectivity index (χ2v) is 7.95. The summed E-state index contributed by atoms with van der Waals surface area (Å²) < 4.78 is 32.8. The zero-order chi connectivity index (χ0) is 21.5. The van der Waals surface area contributed by atoms with Gasteiger partial charge >= 0.3 is 6.99 Å². The number of amides is 1. The number of carbonyl (C=O) groups excluding carboxylic acids is 1. The lowest BCUT2D eigenvalue weighted by Crippen LogP contribution is -2.62. The van der Waals surface area contributed by atoms with E-state index in [1.54, 1.807) is 29.9 Å². The van der Waals surface area contributed by atoms with Gasteiger partial charge in [0.15, 0.2) is 5.62 Å². The van der Waals surface area contributed by atoms with E-state index in [9.17, 15) is 9.90 Å². The normalized spacial score (nSPS) is 19.5. The van der Waals surface area contributed by atoms with Gasteiger partial charge in [0.1, 0.15) is 11.5 Å². The van der Waals surface area contributed by atoms with Gasteiger partial charge in [0.05, 0.1) is 17.6 Å². The fraction of sp³-hybridized carbons (Fsp3) is 0.136. The van der Waals surface area contributed by atoms with Crippen LogP contribution in [0.2, 0.25) is 0 Å². The van der Waals surface area contributed by atoms with Crippen LogP contribution in [0.3, 0.4) is 0 Å². The Morgan fingerprint density at radius 2 is 2.00 bits per heavy atom. The first-order valence-corrected chi connectivity index (χ1v) is 9.78. The molecule has 0 saturated carbocycles. The molecule has 152 valence electrons. The first-order chi connectivity index (χ1) is 14.9. The van der Waals surface area contributed by atoms with Gasteiger partial charge in [-0.25, -0.2) is 4.39 Å². The molecule has 31 heavy (non-hydrogen) atoms.